The number of rotatable bonds is 7. The van der Waals surface area contributed by atoms with E-state index < -0.39 is 0 Å². The minimum Gasteiger partial charge on any atom is -0.396 e. The molecule has 0 saturated carbocycles. The summed E-state index contributed by atoms with van der Waals surface area (Å²) in [6.07, 6.45) is 3.52. The zero-order chi connectivity index (χ0) is 12.7. The minimum atomic E-state index is 0.156. The molecule has 4 heteroatoms. The molecule has 4 nitrogen and oxygen atoms in total. The van der Waals surface area contributed by atoms with E-state index in [0.29, 0.717) is 25.3 Å². The first-order valence-corrected chi connectivity index (χ1v) is 6.76. The number of aliphatic hydroxyl groups excluding tert-OH is 1. The lowest BCUT2D eigenvalue weighted by Gasteiger charge is -2.27. The van der Waals surface area contributed by atoms with Gasteiger partial charge in [0.15, 0.2) is 0 Å². The molecule has 1 aliphatic heterocycles. The highest BCUT2D eigenvalue weighted by molar-refractivity contribution is 5.76. The summed E-state index contributed by atoms with van der Waals surface area (Å²) < 4.78 is 0. The molecule has 1 aliphatic rings. The van der Waals surface area contributed by atoms with E-state index in [1.807, 2.05) is 18.7 Å². The van der Waals surface area contributed by atoms with Gasteiger partial charge in [-0.3, -0.25) is 4.79 Å². The third-order valence-corrected chi connectivity index (χ3v) is 3.43. The molecule has 0 spiro atoms. The van der Waals surface area contributed by atoms with Crippen LogP contribution in [0.1, 0.15) is 39.5 Å². The Kier molecular flexibility index (Phi) is 6.52. The third kappa shape index (κ3) is 5.04. The van der Waals surface area contributed by atoms with E-state index in [0.717, 1.165) is 19.5 Å². The summed E-state index contributed by atoms with van der Waals surface area (Å²) in [5, 5.41) is 12.2. The molecule has 0 aromatic rings. The first-order valence-electron chi connectivity index (χ1n) is 6.76. The van der Waals surface area contributed by atoms with Gasteiger partial charge in [0, 0.05) is 25.6 Å². The fourth-order valence-electron chi connectivity index (χ4n) is 2.34. The van der Waals surface area contributed by atoms with E-state index in [2.05, 4.69) is 5.32 Å². The molecular formula is C13H26N2O2. The molecule has 1 fully saturated rings. The van der Waals surface area contributed by atoms with Crippen LogP contribution in [0.15, 0.2) is 0 Å². The zero-order valence-electron chi connectivity index (χ0n) is 11.1. The highest BCUT2D eigenvalue weighted by atomic mass is 16.3. The van der Waals surface area contributed by atoms with Gasteiger partial charge in [0.25, 0.3) is 0 Å². The summed E-state index contributed by atoms with van der Waals surface area (Å²) >= 11 is 0. The monoisotopic (exact) mass is 242 g/mol. The zero-order valence-corrected chi connectivity index (χ0v) is 11.1. The fourth-order valence-corrected chi connectivity index (χ4v) is 2.34. The van der Waals surface area contributed by atoms with Gasteiger partial charge in [-0.2, -0.15) is 0 Å². The highest BCUT2D eigenvalue weighted by Crippen LogP contribution is 2.16. The van der Waals surface area contributed by atoms with Gasteiger partial charge < -0.3 is 15.3 Å². The van der Waals surface area contributed by atoms with Crippen LogP contribution in [0.4, 0.5) is 0 Å². The molecule has 1 rings (SSSR count). The lowest BCUT2D eigenvalue weighted by atomic mass is 10.0. The molecule has 1 unspecified atom stereocenters. The summed E-state index contributed by atoms with van der Waals surface area (Å²) in [6.45, 7) is 7.06. The Morgan fingerprint density at radius 1 is 1.53 bits per heavy atom. The van der Waals surface area contributed by atoms with Crippen molar-refractivity contribution in [3.05, 3.63) is 0 Å². The van der Waals surface area contributed by atoms with Gasteiger partial charge in [-0.25, -0.2) is 0 Å². The summed E-state index contributed by atoms with van der Waals surface area (Å²) in [6, 6.07) is 0.232. The van der Waals surface area contributed by atoms with Crippen molar-refractivity contribution in [1.82, 2.24) is 10.2 Å². The van der Waals surface area contributed by atoms with Crippen LogP contribution in [0.5, 0.6) is 0 Å². The van der Waals surface area contributed by atoms with Crippen molar-refractivity contribution in [1.29, 1.82) is 0 Å². The van der Waals surface area contributed by atoms with Crippen molar-refractivity contribution in [2.24, 2.45) is 5.92 Å². The van der Waals surface area contributed by atoms with E-state index in [1.54, 1.807) is 0 Å². The molecule has 0 aromatic carbocycles. The Balaban J connectivity index is 2.30. The summed E-state index contributed by atoms with van der Waals surface area (Å²) in [5.74, 6) is 0.908. The van der Waals surface area contributed by atoms with Crippen LogP contribution in [0, 0.1) is 5.92 Å². The lowest BCUT2D eigenvalue weighted by molar-refractivity contribution is -0.133. The Morgan fingerprint density at radius 2 is 2.29 bits per heavy atom. The average Bonchev–Trinajstić information content (AvgIpc) is 2.79. The molecule has 100 valence electrons. The normalized spacial score (nSPS) is 19.9. The van der Waals surface area contributed by atoms with E-state index in [-0.39, 0.29) is 18.6 Å². The molecular weight excluding hydrogens is 216 g/mol. The van der Waals surface area contributed by atoms with Crippen LogP contribution >= 0.6 is 0 Å². The minimum absolute atomic E-state index is 0.156. The highest BCUT2D eigenvalue weighted by Gasteiger charge is 2.20. The van der Waals surface area contributed by atoms with Crippen LogP contribution < -0.4 is 5.32 Å². The number of amides is 1. The van der Waals surface area contributed by atoms with E-state index in [4.69, 9.17) is 5.11 Å². The maximum atomic E-state index is 12.1. The van der Waals surface area contributed by atoms with Gasteiger partial charge in [0.1, 0.15) is 0 Å². The number of carbonyl (C=O) groups is 1. The standard InChI is InChI=1S/C13H26N2O2/c1-11(2)15(8-3-9-16)13(17)5-4-12-6-7-14-10-12/h11-12,14,16H,3-10H2,1-2H3. The van der Waals surface area contributed by atoms with Crippen molar-refractivity contribution < 1.29 is 9.90 Å². The summed E-state index contributed by atoms with van der Waals surface area (Å²) in [5.41, 5.74) is 0. The van der Waals surface area contributed by atoms with Crippen LogP contribution in [0.25, 0.3) is 0 Å². The largest absolute Gasteiger partial charge is 0.396 e. The molecule has 1 amide bonds. The van der Waals surface area contributed by atoms with Crippen molar-refractivity contribution >= 4 is 5.91 Å². The predicted molar refractivity (Wildman–Crippen MR) is 68.8 cm³/mol. The topological polar surface area (TPSA) is 52.6 Å². The molecule has 0 bridgehead atoms. The smallest absolute Gasteiger partial charge is 0.222 e. The second-order valence-corrected chi connectivity index (χ2v) is 5.16. The molecule has 2 N–H and O–H groups in total. The second kappa shape index (κ2) is 7.67. The van der Waals surface area contributed by atoms with Crippen molar-refractivity contribution in [2.75, 3.05) is 26.2 Å². The SMILES string of the molecule is CC(C)N(CCCO)C(=O)CCC1CCNC1. The average molecular weight is 242 g/mol. The number of hydrogen-bond donors (Lipinski definition) is 2. The molecule has 1 saturated heterocycles. The Bertz CT molecular complexity index is 225. The molecule has 1 heterocycles. The first-order chi connectivity index (χ1) is 8.15. The maximum Gasteiger partial charge on any atom is 0.222 e. The van der Waals surface area contributed by atoms with Gasteiger partial charge in [-0.1, -0.05) is 0 Å². The van der Waals surface area contributed by atoms with Gasteiger partial charge in [-0.05, 0) is 52.1 Å². The number of hydrogen-bond acceptors (Lipinski definition) is 3. The predicted octanol–water partition coefficient (Wildman–Crippen LogP) is 0.995. The molecule has 1 atom stereocenters. The summed E-state index contributed by atoms with van der Waals surface area (Å²) in [7, 11) is 0. The van der Waals surface area contributed by atoms with Crippen LogP contribution in [0.3, 0.4) is 0 Å². The number of nitrogens with one attached hydrogen (secondary N) is 1. The molecule has 0 radical (unpaired) electrons. The van der Waals surface area contributed by atoms with E-state index >= 15 is 0 Å². The summed E-state index contributed by atoms with van der Waals surface area (Å²) in [4.78, 5) is 14.0. The first kappa shape index (κ1) is 14.5. The van der Waals surface area contributed by atoms with Gasteiger partial charge in [-0.15, -0.1) is 0 Å². The Morgan fingerprint density at radius 3 is 2.82 bits per heavy atom. The Labute approximate surface area is 104 Å². The maximum absolute atomic E-state index is 12.1. The van der Waals surface area contributed by atoms with E-state index in [1.165, 1.54) is 6.42 Å². The van der Waals surface area contributed by atoms with Gasteiger partial charge in [0.05, 0.1) is 0 Å². The van der Waals surface area contributed by atoms with Crippen LogP contribution in [-0.2, 0) is 4.79 Å². The molecule has 0 aliphatic carbocycles. The van der Waals surface area contributed by atoms with Crippen LogP contribution in [0.2, 0.25) is 0 Å². The van der Waals surface area contributed by atoms with Crippen molar-refractivity contribution in [2.45, 2.75) is 45.6 Å². The molecule has 17 heavy (non-hydrogen) atoms. The van der Waals surface area contributed by atoms with Crippen molar-refractivity contribution in [3.63, 3.8) is 0 Å². The van der Waals surface area contributed by atoms with E-state index in [9.17, 15) is 4.79 Å². The number of nitrogens with zero attached hydrogens (tertiary/aromatic N) is 1. The second-order valence-electron chi connectivity index (χ2n) is 5.16. The number of carbonyl (C=O) groups excluding carboxylic acids is 1. The third-order valence-electron chi connectivity index (χ3n) is 3.43. The Hall–Kier alpha value is -0.610. The van der Waals surface area contributed by atoms with Gasteiger partial charge >= 0.3 is 0 Å². The van der Waals surface area contributed by atoms with Gasteiger partial charge in [0.2, 0.25) is 5.91 Å². The quantitative estimate of drug-likeness (QED) is 0.700. The molecule has 0 aromatic heterocycles. The fraction of sp³-hybridized carbons (Fsp3) is 0.923. The number of aliphatic hydroxyl groups is 1. The lowest BCUT2D eigenvalue weighted by Crippen LogP contribution is -2.38. The van der Waals surface area contributed by atoms with Crippen LogP contribution in [-0.4, -0.2) is 48.2 Å². The van der Waals surface area contributed by atoms with Crippen molar-refractivity contribution in [3.8, 4) is 0 Å².